The Kier molecular flexibility index (Phi) is 5.86. The van der Waals surface area contributed by atoms with Gasteiger partial charge in [0.2, 0.25) is 0 Å². The van der Waals surface area contributed by atoms with E-state index in [1.807, 2.05) is 6.92 Å². The fourth-order valence-electron chi connectivity index (χ4n) is 1.39. The molecular formula is C12H17F2NO2. The Morgan fingerprint density at radius 1 is 1.35 bits per heavy atom. The van der Waals surface area contributed by atoms with Crippen LogP contribution in [0.15, 0.2) is 18.2 Å². The normalized spacial score (nSPS) is 12.5. The molecule has 5 heteroatoms. The Morgan fingerprint density at radius 3 is 2.76 bits per heavy atom. The van der Waals surface area contributed by atoms with Crippen molar-refractivity contribution < 1.29 is 18.3 Å². The van der Waals surface area contributed by atoms with Crippen LogP contribution < -0.4 is 10.5 Å². The molecule has 0 aliphatic rings. The van der Waals surface area contributed by atoms with Crippen molar-refractivity contribution in [1.82, 2.24) is 0 Å². The van der Waals surface area contributed by atoms with Crippen LogP contribution in [0, 0.1) is 11.6 Å². The molecule has 0 spiro atoms. The molecule has 3 nitrogen and oxygen atoms in total. The summed E-state index contributed by atoms with van der Waals surface area (Å²) in [5.41, 5.74) is 5.48. The van der Waals surface area contributed by atoms with Crippen molar-refractivity contribution in [1.29, 1.82) is 0 Å². The lowest BCUT2D eigenvalue weighted by Gasteiger charge is -2.15. The number of halogens is 2. The largest absolute Gasteiger partial charge is 0.490 e. The summed E-state index contributed by atoms with van der Waals surface area (Å²) in [4.78, 5) is 0. The first kappa shape index (κ1) is 13.9. The summed E-state index contributed by atoms with van der Waals surface area (Å²) >= 11 is 0. The summed E-state index contributed by atoms with van der Waals surface area (Å²) < 4.78 is 36.5. The van der Waals surface area contributed by atoms with Crippen molar-refractivity contribution in [2.45, 2.75) is 19.4 Å². The highest BCUT2D eigenvalue weighted by atomic mass is 19.1. The highest BCUT2D eigenvalue weighted by molar-refractivity contribution is 5.24. The topological polar surface area (TPSA) is 44.5 Å². The van der Waals surface area contributed by atoms with Crippen LogP contribution in [0.3, 0.4) is 0 Å². The van der Waals surface area contributed by atoms with Crippen LogP contribution in [0.2, 0.25) is 0 Å². The average molecular weight is 245 g/mol. The maximum absolute atomic E-state index is 13.2. The van der Waals surface area contributed by atoms with Crippen LogP contribution in [0.25, 0.3) is 0 Å². The lowest BCUT2D eigenvalue weighted by molar-refractivity contribution is 0.0522. The van der Waals surface area contributed by atoms with Gasteiger partial charge < -0.3 is 15.2 Å². The van der Waals surface area contributed by atoms with Gasteiger partial charge in [-0.1, -0.05) is 0 Å². The molecule has 1 aromatic carbocycles. The van der Waals surface area contributed by atoms with Crippen LogP contribution in [-0.2, 0) is 4.74 Å². The van der Waals surface area contributed by atoms with Gasteiger partial charge in [0.1, 0.15) is 5.82 Å². The summed E-state index contributed by atoms with van der Waals surface area (Å²) in [7, 11) is 0. The predicted octanol–water partition coefficient (Wildman–Crippen LogP) is 2.10. The third-order valence-corrected chi connectivity index (χ3v) is 2.26. The summed E-state index contributed by atoms with van der Waals surface area (Å²) in [6.45, 7) is 3.05. The minimum atomic E-state index is -0.577. The molecule has 1 aromatic rings. The van der Waals surface area contributed by atoms with E-state index >= 15 is 0 Å². The Balaban J connectivity index is 2.42. The SMILES string of the molecule is CCOC(CN)CCOc1cc(F)ccc1F. The number of rotatable bonds is 7. The smallest absolute Gasteiger partial charge is 0.165 e. The zero-order chi connectivity index (χ0) is 12.7. The summed E-state index contributed by atoms with van der Waals surface area (Å²) in [6, 6.07) is 3.10. The maximum atomic E-state index is 13.2. The van der Waals surface area contributed by atoms with Gasteiger partial charge in [-0.2, -0.15) is 0 Å². The Labute approximate surface area is 99.5 Å². The van der Waals surface area contributed by atoms with Crippen molar-refractivity contribution in [2.24, 2.45) is 5.73 Å². The Hall–Kier alpha value is -1.20. The number of benzene rings is 1. The van der Waals surface area contributed by atoms with Crippen molar-refractivity contribution in [3.8, 4) is 5.75 Å². The van der Waals surface area contributed by atoms with Gasteiger partial charge in [-0.15, -0.1) is 0 Å². The van der Waals surface area contributed by atoms with Gasteiger partial charge >= 0.3 is 0 Å². The Bertz CT molecular complexity index is 347. The van der Waals surface area contributed by atoms with Crippen molar-refractivity contribution in [3.05, 3.63) is 29.8 Å². The summed E-state index contributed by atoms with van der Waals surface area (Å²) in [6.07, 6.45) is 0.428. The molecular weight excluding hydrogens is 228 g/mol. The number of hydrogen-bond acceptors (Lipinski definition) is 3. The van der Waals surface area contributed by atoms with E-state index in [4.69, 9.17) is 15.2 Å². The maximum Gasteiger partial charge on any atom is 0.165 e. The lowest BCUT2D eigenvalue weighted by atomic mass is 10.2. The fraction of sp³-hybridized carbons (Fsp3) is 0.500. The summed E-state index contributed by atoms with van der Waals surface area (Å²) in [5, 5.41) is 0. The molecule has 0 saturated carbocycles. The van der Waals surface area contributed by atoms with Gasteiger partial charge in [0, 0.05) is 25.6 Å². The van der Waals surface area contributed by atoms with Gasteiger partial charge in [-0.05, 0) is 19.1 Å². The minimum absolute atomic E-state index is 0.0859. The molecule has 0 fully saturated rings. The first-order chi connectivity index (χ1) is 8.17. The summed E-state index contributed by atoms with van der Waals surface area (Å²) in [5.74, 6) is -1.19. The molecule has 0 saturated heterocycles. The quantitative estimate of drug-likeness (QED) is 0.800. The molecule has 0 aliphatic heterocycles. The van der Waals surface area contributed by atoms with Crippen LogP contribution in [-0.4, -0.2) is 25.9 Å². The van der Waals surface area contributed by atoms with E-state index in [-0.39, 0.29) is 18.5 Å². The molecule has 0 heterocycles. The lowest BCUT2D eigenvalue weighted by Crippen LogP contribution is -2.25. The number of ether oxygens (including phenoxy) is 2. The first-order valence-electron chi connectivity index (χ1n) is 5.57. The predicted molar refractivity (Wildman–Crippen MR) is 60.9 cm³/mol. The van der Waals surface area contributed by atoms with Gasteiger partial charge in [-0.3, -0.25) is 0 Å². The van der Waals surface area contributed by atoms with E-state index in [0.29, 0.717) is 19.6 Å². The molecule has 1 unspecified atom stereocenters. The second-order valence-electron chi connectivity index (χ2n) is 3.52. The van der Waals surface area contributed by atoms with E-state index in [0.717, 1.165) is 18.2 Å². The molecule has 0 aromatic heterocycles. The molecule has 1 atom stereocenters. The second-order valence-corrected chi connectivity index (χ2v) is 3.52. The standard InChI is InChI=1S/C12H17F2NO2/c1-2-16-10(8-15)5-6-17-12-7-9(13)3-4-11(12)14/h3-4,7,10H,2,5-6,8,15H2,1H3. The molecule has 17 heavy (non-hydrogen) atoms. The molecule has 0 amide bonds. The van der Waals surface area contributed by atoms with E-state index < -0.39 is 11.6 Å². The average Bonchev–Trinajstić information content (AvgIpc) is 2.32. The van der Waals surface area contributed by atoms with Gasteiger partial charge in [0.05, 0.1) is 12.7 Å². The van der Waals surface area contributed by atoms with Gasteiger partial charge in [0.15, 0.2) is 11.6 Å². The third kappa shape index (κ3) is 4.66. The van der Waals surface area contributed by atoms with E-state index in [1.54, 1.807) is 0 Å². The zero-order valence-corrected chi connectivity index (χ0v) is 9.79. The highest BCUT2D eigenvalue weighted by Crippen LogP contribution is 2.18. The third-order valence-electron chi connectivity index (χ3n) is 2.26. The number of hydrogen-bond donors (Lipinski definition) is 1. The second kappa shape index (κ2) is 7.19. The van der Waals surface area contributed by atoms with Crippen molar-refractivity contribution in [3.63, 3.8) is 0 Å². The van der Waals surface area contributed by atoms with Crippen LogP contribution >= 0.6 is 0 Å². The minimum Gasteiger partial charge on any atom is -0.490 e. The van der Waals surface area contributed by atoms with E-state index in [1.165, 1.54) is 0 Å². The van der Waals surface area contributed by atoms with Crippen molar-refractivity contribution in [2.75, 3.05) is 19.8 Å². The van der Waals surface area contributed by atoms with E-state index in [9.17, 15) is 8.78 Å². The molecule has 96 valence electrons. The van der Waals surface area contributed by atoms with Crippen molar-refractivity contribution >= 4 is 0 Å². The molecule has 0 aliphatic carbocycles. The monoisotopic (exact) mass is 245 g/mol. The van der Waals surface area contributed by atoms with Crippen LogP contribution in [0.4, 0.5) is 8.78 Å². The zero-order valence-electron chi connectivity index (χ0n) is 9.79. The highest BCUT2D eigenvalue weighted by Gasteiger charge is 2.08. The van der Waals surface area contributed by atoms with Crippen LogP contribution in [0.1, 0.15) is 13.3 Å². The molecule has 2 N–H and O–H groups in total. The first-order valence-corrected chi connectivity index (χ1v) is 5.57. The fourth-order valence-corrected chi connectivity index (χ4v) is 1.39. The number of nitrogens with two attached hydrogens (primary N) is 1. The van der Waals surface area contributed by atoms with E-state index in [2.05, 4.69) is 0 Å². The molecule has 0 radical (unpaired) electrons. The van der Waals surface area contributed by atoms with Gasteiger partial charge in [-0.25, -0.2) is 8.78 Å². The Morgan fingerprint density at radius 2 is 2.12 bits per heavy atom. The van der Waals surface area contributed by atoms with Crippen LogP contribution in [0.5, 0.6) is 5.75 Å². The van der Waals surface area contributed by atoms with Gasteiger partial charge in [0.25, 0.3) is 0 Å². The molecule has 1 rings (SSSR count). The molecule has 0 bridgehead atoms.